The van der Waals surface area contributed by atoms with Crippen molar-refractivity contribution in [2.24, 2.45) is 5.92 Å². The fourth-order valence-corrected chi connectivity index (χ4v) is 5.75. The van der Waals surface area contributed by atoms with Gasteiger partial charge < -0.3 is 28.8 Å². The Kier molecular flexibility index (Phi) is 11.0. The molecule has 1 N–H and O–H groups in total. The molecule has 0 amide bonds. The van der Waals surface area contributed by atoms with Crippen molar-refractivity contribution in [1.82, 2.24) is 0 Å². The molecule has 2 bridgehead atoms. The third kappa shape index (κ3) is 9.54. The lowest BCUT2D eigenvalue weighted by Crippen LogP contribution is -2.33. The largest absolute Gasteiger partial charge is 0.459 e. The van der Waals surface area contributed by atoms with Crippen LogP contribution in [-0.2, 0) is 33.3 Å². The Bertz CT molecular complexity index is 1030. The number of esters is 2. The average Bonchev–Trinajstić information content (AvgIpc) is 3.65. The molecule has 8 nitrogen and oxygen atoms in total. The van der Waals surface area contributed by atoms with Gasteiger partial charge in [-0.2, -0.15) is 0 Å². The molecule has 4 heterocycles. The first-order chi connectivity index (χ1) is 19.2. The fraction of sp³-hybridized carbons (Fsp3) is 0.625. The van der Waals surface area contributed by atoms with Gasteiger partial charge in [0.05, 0.1) is 31.0 Å². The maximum atomic E-state index is 12.8. The number of ether oxygens (including phenoxy) is 5. The topological polar surface area (TPSA) is 104 Å². The molecular formula is C32H44O8. The van der Waals surface area contributed by atoms with E-state index in [1.54, 1.807) is 12.2 Å². The summed E-state index contributed by atoms with van der Waals surface area (Å²) >= 11 is 0. The van der Waals surface area contributed by atoms with Gasteiger partial charge in [0.2, 0.25) is 0 Å². The summed E-state index contributed by atoms with van der Waals surface area (Å²) in [6.45, 7) is 10.4. The summed E-state index contributed by atoms with van der Waals surface area (Å²) in [7, 11) is 0. The highest BCUT2D eigenvalue weighted by molar-refractivity contribution is 5.82. The van der Waals surface area contributed by atoms with Crippen LogP contribution in [0.2, 0.25) is 0 Å². The van der Waals surface area contributed by atoms with Crippen LogP contribution in [0.15, 0.2) is 60.3 Å². The minimum absolute atomic E-state index is 0.0937. The van der Waals surface area contributed by atoms with Crippen LogP contribution in [0.3, 0.4) is 0 Å². The molecule has 0 saturated carbocycles. The van der Waals surface area contributed by atoms with Gasteiger partial charge in [-0.15, -0.1) is 0 Å². The van der Waals surface area contributed by atoms with Crippen LogP contribution >= 0.6 is 0 Å². The van der Waals surface area contributed by atoms with E-state index in [1.807, 2.05) is 25.2 Å². The molecule has 0 aromatic rings. The summed E-state index contributed by atoms with van der Waals surface area (Å²) in [5, 5.41) is 11.0. The van der Waals surface area contributed by atoms with E-state index in [-0.39, 0.29) is 42.9 Å². The SMILES string of the molecule is C=C1CC(OC(C)=O)[C@@H]2O[C@@H]2C[C@@H]([C@@H](O)/C=C/[C@@H]2CC(C)=CCO2)OC(=O)/C=C/C[C@@H]2C=CC[C@@H](C[C@@H](C)C1)O2. The Morgan fingerprint density at radius 1 is 1.18 bits per heavy atom. The number of rotatable bonds is 4. The van der Waals surface area contributed by atoms with Crippen LogP contribution in [0.5, 0.6) is 0 Å². The number of carbonyl (C=O) groups is 2. The Morgan fingerprint density at radius 3 is 2.77 bits per heavy atom. The van der Waals surface area contributed by atoms with Crippen molar-refractivity contribution in [2.75, 3.05) is 6.61 Å². The molecule has 0 radical (unpaired) electrons. The van der Waals surface area contributed by atoms with Gasteiger partial charge in [0, 0.05) is 25.8 Å². The maximum Gasteiger partial charge on any atom is 0.330 e. The van der Waals surface area contributed by atoms with Crippen molar-refractivity contribution in [3.63, 3.8) is 0 Å². The first-order valence-corrected chi connectivity index (χ1v) is 14.5. The Morgan fingerprint density at radius 2 is 2.00 bits per heavy atom. The minimum Gasteiger partial charge on any atom is -0.459 e. The predicted octanol–water partition coefficient (Wildman–Crippen LogP) is 4.68. The molecule has 0 aliphatic carbocycles. The number of aliphatic hydroxyl groups is 1. The van der Waals surface area contributed by atoms with Crippen molar-refractivity contribution < 1.29 is 38.4 Å². The number of cyclic esters (lactones) is 1. The second-order valence-electron chi connectivity index (χ2n) is 11.6. The zero-order chi connectivity index (χ0) is 28.6. The second-order valence-corrected chi connectivity index (χ2v) is 11.6. The summed E-state index contributed by atoms with van der Waals surface area (Å²) in [6.07, 6.45) is 14.1. The Balaban J connectivity index is 1.50. The van der Waals surface area contributed by atoms with E-state index in [9.17, 15) is 14.7 Å². The number of aliphatic hydroxyl groups excluding tert-OH is 1. The van der Waals surface area contributed by atoms with Gasteiger partial charge in [-0.25, -0.2) is 4.79 Å². The molecule has 4 rings (SSSR count). The highest BCUT2D eigenvalue weighted by atomic mass is 16.6. The summed E-state index contributed by atoms with van der Waals surface area (Å²) in [4.78, 5) is 24.7. The first-order valence-electron chi connectivity index (χ1n) is 14.5. The number of epoxide rings is 1. The van der Waals surface area contributed by atoms with Crippen molar-refractivity contribution in [3.05, 3.63) is 60.3 Å². The van der Waals surface area contributed by atoms with Gasteiger partial charge in [0.1, 0.15) is 24.4 Å². The molecule has 9 atom stereocenters. The summed E-state index contributed by atoms with van der Waals surface area (Å²) < 4.78 is 29.3. The molecular weight excluding hydrogens is 512 g/mol. The van der Waals surface area contributed by atoms with Crippen LogP contribution < -0.4 is 0 Å². The van der Waals surface area contributed by atoms with Crippen molar-refractivity contribution in [3.8, 4) is 0 Å². The summed E-state index contributed by atoms with van der Waals surface area (Å²) in [6, 6.07) is 0. The molecule has 0 spiro atoms. The van der Waals surface area contributed by atoms with Gasteiger partial charge in [-0.05, 0) is 44.9 Å². The number of fused-ring (bicyclic) bond motifs is 3. The minimum atomic E-state index is -1.06. The van der Waals surface area contributed by atoms with Crippen molar-refractivity contribution >= 4 is 11.9 Å². The normalized spacial score (nSPS) is 37.4. The lowest BCUT2D eigenvalue weighted by molar-refractivity contribution is -0.148. The van der Waals surface area contributed by atoms with Gasteiger partial charge in [0.15, 0.2) is 0 Å². The highest BCUT2D eigenvalue weighted by Gasteiger charge is 2.48. The molecule has 1 unspecified atom stereocenters. The molecule has 1 saturated heterocycles. The molecule has 1 fully saturated rings. The van der Waals surface area contributed by atoms with Gasteiger partial charge in [0.25, 0.3) is 0 Å². The van der Waals surface area contributed by atoms with Gasteiger partial charge >= 0.3 is 11.9 Å². The molecule has 220 valence electrons. The van der Waals surface area contributed by atoms with Crippen LogP contribution in [0.25, 0.3) is 0 Å². The second kappa shape index (κ2) is 14.4. The monoisotopic (exact) mass is 556 g/mol. The highest BCUT2D eigenvalue weighted by Crippen LogP contribution is 2.36. The van der Waals surface area contributed by atoms with Crippen LogP contribution in [-0.4, -0.2) is 72.5 Å². The van der Waals surface area contributed by atoms with E-state index in [1.165, 1.54) is 18.6 Å². The van der Waals surface area contributed by atoms with Crippen LogP contribution in [0.4, 0.5) is 0 Å². The summed E-state index contributed by atoms with van der Waals surface area (Å²) in [5.74, 6) is -0.580. The lowest BCUT2D eigenvalue weighted by Gasteiger charge is -2.28. The van der Waals surface area contributed by atoms with E-state index in [2.05, 4.69) is 19.6 Å². The predicted molar refractivity (Wildman–Crippen MR) is 150 cm³/mol. The van der Waals surface area contributed by atoms with E-state index in [0.29, 0.717) is 25.4 Å². The lowest BCUT2D eigenvalue weighted by atomic mass is 9.90. The Labute approximate surface area is 237 Å². The van der Waals surface area contributed by atoms with Crippen molar-refractivity contribution in [2.45, 2.75) is 115 Å². The number of hydrogen-bond acceptors (Lipinski definition) is 8. The van der Waals surface area contributed by atoms with Gasteiger partial charge in [-0.3, -0.25) is 4.79 Å². The molecule has 0 aromatic heterocycles. The number of hydrogen-bond donors (Lipinski definition) is 1. The fourth-order valence-electron chi connectivity index (χ4n) is 5.75. The molecule has 40 heavy (non-hydrogen) atoms. The van der Waals surface area contributed by atoms with E-state index in [4.69, 9.17) is 23.7 Å². The number of carbonyl (C=O) groups excluding carboxylic acids is 2. The zero-order valence-corrected chi connectivity index (χ0v) is 23.9. The first kappa shape index (κ1) is 30.4. The van der Waals surface area contributed by atoms with E-state index in [0.717, 1.165) is 31.3 Å². The zero-order valence-electron chi connectivity index (χ0n) is 23.9. The smallest absolute Gasteiger partial charge is 0.330 e. The molecule has 4 aliphatic rings. The standard InChI is InChI=1S/C32H44O8/c1-20-13-14-36-25(16-20)11-12-27(34)28-19-30-32(40-30)29(37-23(4)33)18-22(3)15-21(2)17-26-9-5-7-24(38-26)8-6-10-31(35)39-28/h5-7,10-13,21,24-30,32,34H,3,8-9,14-19H2,1-2,4H3/b10-6+,12-11+/t21-,24-,25+,26-,27-,28-,29?,30+,32-/m0/s1. The van der Waals surface area contributed by atoms with Crippen LogP contribution in [0.1, 0.15) is 65.7 Å². The summed E-state index contributed by atoms with van der Waals surface area (Å²) in [5.41, 5.74) is 2.22. The third-order valence-corrected chi connectivity index (χ3v) is 7.74. The van der Waals surface area contributed by atoms with E-state index >= 15 is 0 Å². The molecule has 4 aliphatic heterocycles. The van der Waals surface area contributed by atoms with E-state index < -0.39 is 24.3 Å². The Hall–Kier alpha value is -2.52. The maximum absolute atomic E-state index is 12.8. The molecule has 8 heteroatoms. The third-order valence-electron chi connectivity index (χ3n) is 7.74. The van der Waals surface area contributed by atoms with Crippen LogP contribution in [0, 0.1) is 5.92 Å². The molecule has 0 aromatic carbocycles. The quantitative estimate of drug-likeness (QED) is 0.303. The average molecular weight is 557 g/mol. The van der Waals surface area contributed by atoms with Gasteiger partial charge in [-0.1, -0.05) is 61.1 Å². The van der Waals surface area contributed by atoms with Crippen molar-refractivity contribution in [1.29, 1.82) is 0 Å².